The van der Waals surface area contributed by atoms with Crippen LogP contribution in [-0.2, 0) is 4.74 Å². The third kappa shape index (κ3) is 5.78. The third-order valence-corrected chi connectivity index (χ3v) is 8.29. The van der Waals surface area contributed by atoms with Gasteiger partial charge in [0.1, 0.15) is 11.6 Å². The van der Waals surface area contributed by atoms with E-state index in [0.29, 0.717) is 35.8 Å². The Hall–Kier alpha value is -2.65. The topological polar surface area (TPSA) is 87.1 Å². The van der Waals surface area contributed by atoms with E-state index in [1.165, 1.54) is 25.7 Å². The summed E-state index contributed by atoms with van der Waals surface area (Å²) in [6.07, 6.45) is 5.05. The normalized spacial score (nSPS) is 19.0. The maximum absolute atomic E-state index is 13.5. The molecule has 0 radical (unpaired) electrons. The van der Waals surface area contributed by atoms with Gasteiger partial charge in [0.05, 0.1) is 31.0 Å². The van der Waals surface area contributed by atoms with Gasteiger partial charge in [0.2, 0.25) is 0 Å². The lowest BCUT2D eigenvalue weighted by atomic mass is 9.93. The van der Waals surface area contributed by atoms with E-state index in [1.807, 2.05) is 31.2 Å². The second kappa shape index (κ2) is 10.5. The summed E-state index contributed by atoms with van der Waals surface area (Å²) in [5.74, 6) is 1.91. The summed E-state index contributed by atoms with van der Waals surface area (Å²) in [5, 5.41) is 6.02. The molecule has 3 fully saturated rings. The van der Waals surface area contributed by atoms with E-state index in [0.717, 1.165) is 48.1 Å². The molecule has 1 N–H and O–H groups in total. The van der Waals surface area contributed by atoms with Gasteiger partial charge in [-0.3, -0.25) is 4.79 Å². The molecule has 186 valence electrons. The Morgan fingerprint density at radius 1 is 1.09 bits per heavy atom. The maximum Gasteiger partial charge on any atom is 0.258 e. The number of ether oxygens (including phenoxy) is 1. The van der Waals surface area contributed by atoms with E-state index in [4.69, 9.17) is 9.72 Å². The highest BCUT2D eigenvalue weighted by molar-refractivity contribution is 7.99. The lowest BCUT2D eigenvalue weighted by Gasteiger charge is -2.35. The maximum atomic E-state index is 13.5. The first-order valence-electron chi connectivity index (χ1n) is 12.5. The summed E-state index contributed by atoms with van der Waals surface area (Å²) in [4.78, 5) is 34.4. The largest absolute Gasteiger partial charge is 0.378 e. The van der Waals surface area contributed by atoms with Crippen LogP contribution in [0, 0.1) is 17.2 Å². The number of hydrogen-bond acceptors (Lipinski definition) is 8. The van der Waals surface area contributed by atoms with E-state index < -0.39 is 0 Å². The average molecular weight is 496 g/mol. The number of pyridine rings is 1. The number of benzene rings is 1. The molecule has 2 aromatic rings. The highest BCUT2D eigenvalue weighted by Crippen LogP contribution is 2.54. The quantitative estimate of drug-likeness (QED) is 0.322. The SMILES string of the molecule is Cc1cc(NC(=O)c2ccc(SCCN=O)cc2N2CCC3(CC2)CC3)nc(N2CCOCC2)c1. The number of aromatic nitrogens is 1. The van der Waals surface area contributed by atoms with Crippen LogP contribution in [0.3, 0.4) is 0 Å². The van der Waals surface area contributed by atoms with Crippen molar-refractivity contribution in [1.82, 2.24) is 4.98 Å². The average Bonchev–Trinajstić information content (AvgIpc) is 3.63. The van der Waals surface area contributed by atoms with Crippen LogP contribution in [0.25, 0.3) is 0 Å². The van der Waals surface area contributed by atoms with Crippen molar-refractivity contribution in [3.63, 3.8) is 0 Å². The fourth-order valence-corrected chi connectivity index (χ4v) is 5.77. The number of rotatable bonds is 8. The number of anilines is 3. The van der Waals surface area contributed by atoms with E-state index in [9.17, 15) is 9.70 Å². The van der Waals surface area contributed by atoms with Crippen LogP contribution in [0.5, 0.6) is 0 Å². The van der Waals surface area contributed by atoms with Crippen molar-refractivity contribution in [3.05, 3.63) is 46.4 Å². The fourth-order valence-electron chi connectivity index (χ4n) is 5.01. The first-order chi connectivity index (χ1) is 17.0. The van der Waals surface area contributed by atoms with Gasteiger partial charge >= 0.3 is 0 Å². The van der Waals surface area contributed by atoms with Gasteiger partial charge in [-0.2, -0.15) is 4.91 Å². The molecule has 0 unspecified atom stereocenters. The number of morpholine rings is 1. The number of aryl methyl sites for hydroxylation is 1. The van der Waals surface area contributed by atoms with Crippen LogP contribution in [-0.4, -0.2) is 62.6 Å². The molecule has 1 amide bonds. The zero-order valence-electron chi connectivity index (χ0n) is 20.3. The molecule has 0 atom stereocenters. The number of nitrogens with one attached hydrogen (secondary N) is 1. The van der Waals surface area contributed by atoms with Gasteiger partial charge in [-0.25, -0.2) is 4.98 Å². The van der Waals surface area contributed by atoms with Crippen molar-refractivity contribution >= 4 is 35.0 Å². The second-order valence-electron chi connectivity index (χ2n) is 9.81. The van der Waals surface area contributed by atoms with Gasteiger partial charge in [0, 0.05) is 36.8 Å². The zero-order chi connectivity index (χ0) is 24.3. The number of hydrogen-bond donors (Lipinski definition) is 1. The first kappa shape index (κ1) is 24.1. The van der Waals surface area contributed by atoms with E-state index in [1.54, 1.807) is 11.8 Å². The number of piperidine rings is 1. The van der Waals surface area contributed by atoms with Crippen molar-refractivity contribution in [3.8, 4) is 0 Å². The van der Waals surface area contributed by atoms with Crippen molar-refractivity contribution in [2.75, 3.05) is 66.8 Å². The molecule has 1 spiro atoms. The first-order valence-corrected chi connectivity index (χ1v) is 13.5. The fraction of sp³-hybridized carbons (Fsp3) is 0.538. The predicted molar refractivity (Wildman–Crippen MR) is 141 cm³/mol. The van der Waals surface area contributed by atoms with Gasteiger partial charge in [-0.1, -0.05) is 5.18 Å². The molecular weight excluding hydrogens is 462 g/mol. The Balaban J connectivity index is 1.37. The zero-order valence-corrected chi connectivity index (χ0v) is 21.1. The molecule has 5 rings (SSSR count). The molecule has 1 aliphatic carbocycles. The van der Waals surface area contributed by atoms with Crippen molar-refractivity contribution in [2.45, 2.75) is 37.5 Å². The third-order valence-electron chi connectivity index (χ3n) is 7.32. The van der Waals surface area contributed by atoms with Crippen LogP contribution in [0.15, 0.2) is 40.4 Å². The van der Waals surface area contributed by atoms with Crippen LogP contribution in [0.2, 0.25) is 0 Å². The van der Waals surface area contributed by atoms with E-state index >= 15 is 0 Å². The minimum absolute atomic E-state index is 0.149. The van der Waals surface area contributed by atoms with Gasteiger partial charge in [0.15, 0.2) is 0 Å². The summed E-state index contributed by atoms with van der Waals surface area (Å²) in [5.41, 5.74) is 3.23. The molecule has 3 heterocycles. The van der Waals surface area contributed by atoms with Crippen LogP contribution in [0.1, 0.15) is 41.6 Å². The highest BCUT2D eigenvalue weighted by atomic mass is 32.2. The van der Waals surface area contributed by atoms with Crippen LogP contribution >= 0.6 is 11.8 Å². The standard InChI is InChI=1S/C26H33N5O3S/c1-19-16-23(28-24(17-19)31-11-13-34-14-12-31)29-25(32)21-3-2-20(35-15-8-27-33)18-22(21)30-9-6-26(4-5-26)7-10-30/h2-3,16-18H,4-15H2,1H3,(H,28,29,32). The minimum Gasteiger partial charge on any atom is -0.378 e. The Morgan fingerprint density at radius 3 is 2.57 bits per heavy atom. The van der Waals surface area contributed by atoms with Gasteiger partial charge in [0.25, 0.3) is 5.91 Å². The molecule has 1 saturated carbocycles. The number of carbonyl (C=O) groups is 1. The van der Waals surface area contributed by atoms with Crippen molar-refractivity contribution < 1.29 is 9.53 Å². The van der Waals surface area contributed by atoms with Gasteiger partial charge < -0.3 is 19.9 Å². The van der Waals surface area contributed by atoms with E-state index in [2.05, 4.69) is 26.4 Å². The molecule has 0 bridgehead atoms. The lowest BCUT2D eigenvalue weighted by molar-refractivity contribution is 0.102. The predicted octanol–water partition coefficient (Wildman–Crippen LogP) is 4.72. The minimum atomic E-state index is -0.149. The molecule has 9 heteroatoms. The highest BCUT2D eigenvalue weighted by Gasteiger charge is 2.44. The number of thioether (sulfide) groups is 1. The second-order valence-corrected chi connectivity index (χ2v) is 11.0. The molecule has 2 saturated heterocycles. The monoisotopic (exact) mass is 495 g/mol. The Morgan fingerprint density at radius 2 is 1.86 bits per heavy atom. The van der Waals surface area contributed by atoms with Crippen molar-refractivity contribution in [2.24, 2.45) is 10.6 Å². The Bertz CT molecular complexity index is 1070. The summed E-state index contributed by atoms with van der Waals surface area (Å²) in [6.45, 7) is 7.19. The smallest absolute Gasteiger partial charge is 0.258 e. The van der Waals surface area contributed by atoms with Gasteiger partial charge in [-0.15, -0.1) is 11.8 Å². The molecule has 8 nitrogen and oxygen atoms in total. The van der Waals surface area contributed by atoms with Gasteiger partial charge in [-0.05, 0) is 73.9 Å². The summed E-state index contributed by atoms with van der Waals surface area (Å²) >= 11 is 1.60. The molecule has 35 heavy (non-hydrogen) atoms. The molecule has 1 aromatic heterocycles. The van der Waals surface area contributed by atoms with Crippen LogP contribution < -0.4 is 15.1 Å². The molecule has 2 aliphatic heterocycles. The number of carbonyl (C=O) groups excluding carboxylic acids is 1. The molecule has 1 aromatic carbocycles. The van der Waals surface area contributed by atoms with Crippen molar-refractivity contribution in [1.29, 1.82) is 0 Å². The summed E-state index contributed by atoms with van der Waals surface area (Å²) in [7, 11) is 0. The molecule has 3 aliphatic rings. The van der Waals surface area contributed by atoms with Crippen LogP contribution in [0.4, 0.5) is 17.3 Å². The Kier molecular flexibility index (Phi) is 7.24. The number of nitrogens with zero attached hydrogens (tertiary/aromatic N) is 4. The number of nitroso groups, excluding NO2 is 1. The Labute approximate surface area is 210 Å². The molecular formula is C26H33N5O3S. The van der Waals surface area contributed by atoms with E-state index in [-0.39, 0.29) is 12.5 Å². The number of amides is 1. The summed E-state index contributed by atoms with van der Waals surface area (Å²) in [6, 6.07) is 9.92. The summed E-state index contributed by atoms with van der Waals surface area (Å²) < 4.78 is 5.47. The lowest BCUT2D eigenvalue weighted by Crippen LogP contribution is -2.37.